The molecule has 2 rings (SSSR count). The normalized spacial score (nSPS) is 17.3. The van der Waals surface area contributed by atoms with E-state index in [1.54, 1.807) is 6.07 Å². The van der Waals surface area contributed by atoms with E-state index in [-0.39, 0.29) is 24.0 Å². The molecule has 0 unspecified atom stereocenters. The van der Waals surface area contributed by atoms with Crippen LogP contribution in [0.1, 0.15) is 19.4 Å². The summed E-state index contributed by atoms with van der Waals surface area (Å²) < 4.78 is 45.4. The zero-order valence-corrected chi connectivity index (χ0v) is 13.1. The smallest absolute Gasteiger partial charge is 0.246 e. The van der Waals surface area contributed by atoms with Gasteiger partial charge in [-0.05, 0) is 17.7 Å². The van der Waals surface area contributed by atoms with E-state index in [9.17, 15) is 12.8 Å². The summed E-state index contributed by atoms with van der Waals surface area (Å²) in [6, 6.07) is 4.55. The Labute approximate surface area is 125 Å². The SMILES string of the molecule is CC(C)NCc1ccc(S(=O)(=O)N2CCOCC2)c(F)c1. The highest BCUT2D eigenvalue weighted by Crippen LogP contribution is 2.21. The van der Waals surface area contributed by atoms with E-state index in [0.717, 1.165) is 5.56 Å². The van der Waals surface area contributed by atoms with Crippen LogP contribution in [0.5, 0.6) is 0 Å². The molecule has 118 valence electrons. The summed E-state index contributed by atoms with van der Waals surface area (Å²) >= 11 is 0. The number of hydrogen-bond acceptors (Lipinski definition) is 4. The molecule has 0 radical (unpaired) electrons. The van der Waals surface area contributed by atoms with Crippen molar-refractivity contribution in [3.05, 3.63) is 29.6 Å². The van der Waals surface area contributed by atoms with Gasteiger partial charge in [-0.1, -0.05) is 19.9 Å². The van der Waals surface area contributed by atoms with Gasteiger partial charge < -0.3 is 10.1 Å². The van der Waals surface area contributed by atoms with Crippen LogP contribution in [0, 0.1) is 5.82 Å². The summed E-state index contributed by atoms with van der Waals surface area (Å²) in [6.07, 6.45) is 0. The van der Waals surface area contributed by atoms with E-state index in [2.05, 4.69) is 5.32 Å². The fourth-order valence-corrected chi connectivity index (χ4v) is 3.56. The third kappa shape index (κ3) is 4.00. The first-order valence-corrected chi connectivity index (χ1v) is 8.45. The van der Waals surface area contributed by atoms with Gasteiger partial charge in [-0.2, -0.15) is 4.31 Å². The average Bonchev–Trinajstić information content (AvgIpc) is 2.46. The minimum absolute atomic E-state index is 0.262. The molecule has 0 aliphatic carbocycles. The highest BCUT2D eigenvalue weighted by atomic mass is 32.2. The van der Waals surface area contributed by atoms with Crippen LogP contribution in [-0.2, 0) is 21.3 Å². The van der Waals surface area contributed by atoms with Crippen LogP contribution >= 0.6 is 0 Å². The van der Waals surface area contributed by atoms with Gasteiger partial charge in [0.1, 0.15) is 10.7 Å². The molecule has 1 N–H and O–H groups in total. The van der Waals surface area contributed by atoms with E-state index in [1.165, 1.54) is 16.4 Å². The third-order valence-electron chi connectivity index (χ3n) is 3.30. The monoisotopic (exact) mass is 316 g/mol. The van der Waals surface area contributed by atoms with E-state index in [4.69, 9.17) is 4.74 Å². The number of ether oxygens (including phenoxy) is 1. The Morgan fingerprint density at radius 1 is 1.33 bits per heavy atom. The van der Waals surface area contributed by atoms with Gasteiger partial charge in [0, 0.05) is 25.7 Å². The maximum Gasteiger partial charge on any atom is 0.246 e. The zero-order chi connectivity index (χ0) is 15.5. The van der Waals surface area contributed by atoms with Crippen LogP contribution in [-0.4, -0.2) is 45.1 Å². The number of rotatable bonds is 5. The molecule has 0 saturated carbocycles. The van der Waals surface area contributed by atoms with Crippen molar-refractivity contribution in [2.45, 2.75) is 31.3 Å². The summed E-state index contributed by atoms with van der Waals surface area (Å²) in [5, 5.41) is 3.17. The summed E-state index contributed by atoms with van der Waals surface area (Å²) in [5.41, 5.74) is 0.724. The van der Waals surface area contributed by atoms with E-state index >= 15 is 0 Å². The fraction of sp³-hybridized carbons (Fsp3) is 0.571. The van der Waals surface area contributed by atoms with Crippen LogP contribution in [0.3, 0.4) is 0 Å². The second-order valence-corrected chi connectivity index (χ2v) is 7.22. The van der Waals surface area contributed by atoms with Gasteiger partial charge in [-0.3, -0.25) is 0 Å². The first kappa shape index (κ1) is 16.4. The lowest BCUT2D eigenvalue weighted by Crippen LogP contribution is -2.40. The van der Waals surface area contributed by atoms with Crippen molar-refractivity contribution in [3.8, 4) is 0 Å². The Balaban J connectivity index is 2.19. The molecule has 1 fully saturated rings. The lowest BCUT2D eigenvalue weighted by molar-refractivity contribution is 0.0729. The van der Waals surface area contributed by atoms with Crippen LogP contribution in [0.4, 0.5) is 4.39 Å². The zero-order valence-electron chi connectivity index (χ0n) is 12.3. The third-order valence-corrected chi connectivity index (χ3v) is 5.23. The first-order valence-electron chi connectivity index (χ1n) is 7.01. The lowest BCUT2D eigenvalue weighted by atomic mass is 10.2. The highest BCUT2D eigenvalue weighted by molar-refractivity contribution is 7.89. The molecule has 1 aromatic carbocycles. The molecule has 1 aliphatic heterocycles. The molecule has 1 aromatic rings. The summed E-state index contributed by atoms with van der Waals surface area (Å²) in [4.78, 5) is -0.266. The van der Waals surface area contributed by atoms with Crippen molar-refractivity contribution in [3.63, 3.8) is 0 Å². The maximum absolute atomic E-state index is 14.2. The lowest BCUT2D eigenvalue weighted by Gasteiger charge is -2.26. The van der Waals surface area contributed by atoms with Gasteiger partial charge >= 0.3 is 0 Å². The van der Waals surface area contributed by atoms with E-state index < -0.39 is 15.8 Å². The molecular formula is C14H21FN2O3S. The van der Waals surface area contributed by atoms with Gasteiger partial charge in [-0.25, -0.2) is 12.8 Å². The molecule has 0 spiro atoms. The van der Waals surface area contributed by atoms with Gasteiger partial charge in [-0.15, -0.1) is 0 Å². The number of nitrogens with one attached hydrogen (secondary N) is 1. The minimum atomic E-state index is -3.78. The van der Waals surface area contributed by atoms with Crippen LogP contribution in [0.15, 0.2) is 23.1 Å². The minimum Gasteiger partial charge on any atom is -0.379 e. The number of benzene rings is 1. The standard InChI is InChI=1S/C14H21FN2O3S/c1-11(2)16-10-12-3-4-14(13(15)9-12)21(18,19)17-5-7-20-8-6-17/h3-4,9,11,16H,5-8,10H2,1-2H3. The molecule has 1 aliphatic rings. The summed E-state index contributed by atoms with van der Waals surface area (Å²) in [5.74, 6) is -0.704. The Bertz CT molecular complexity index is 584. The second kappa shape index (κ2) is 6.83. The van der Waals surface area contributed by atoms with Gasteiger partial charge in [0.05, 0.1) is 13.2 Å². The van der Waals surface area contributed by atoms with Crippen molar-refractivity contribution >= 4 is 10.0 Å². The molecule has 1 saturated heterocycles. The number of morpholine rings is 1. The highest BCUT2D eigenvalue weighted by Gasteiger charge is 2.28. The molecule has 0 amide bonds. The Kier molecular flexibility index (Phi) is 5.32. The molecule has 0 aromatic heterocycles. The Morgan fingerprint density at radius 2 is 2.00 bits per heavy atom. The molecule has 5 nitrogen and oxygen atoms in total. The van der Waals surface area contributed by atoms with Crippen molar-refractivity contribution in [2.75, 3.05) is 26.3 Å². The van der Waals surface area contributed by atoms with Crippen LogP contribution in [0.25, 0.3) is 0 Å². The molecule has 1 heterocycles. The topological polar surface area (TPSA) is 58.6 Å². The largest absolute Gasteiger partial charge is 0.379 e. The molecule has 21 heavy (non-hydrogen) atoms. The summed E-state index contributed by atoms with van der Waals surface area (Å²) in [7, 11) is -3.78. The van der Waals surface area contributed by atoms with Crippen molar-refractivity contribution in [2.24, 2.45) is 0 Å². The summed E-state index contributed by atoms with van der Waals surface area (Å²) in [6.45, 7) is 5.71. The van der Waals surface area contributed by atoms with Crippen LogP contribution in [0.2, 0.25) is 0 Å². The van der Waals surface area contributed by atoms with Crippen molar-refractivity contribution in [1.82, 2.24) is 9.62 Å². The van der Waals surface area contributed by atoms with Gasteiger partial charge in [0.15, 0.2) is 0 Å². The van der Waals surface area contributed by atoms with Gasteiger partial charge in [0.2, 0.25) is 10.0 Å². The fourth-order valence-electron chi connectivity index (χ4n) is 2.11. The first-order chi connectivity index (χ1) is 9.91. The predicted molar refractivity (Wildman–Crippen MR) is 78.0 cm³/mol. The predicted octanol–water partition coefficient (Wildman–Crippen LogP) is 1.34. The van der Waals surface area contributed by atoms with Crippen molar-refractivity contribution in [1.29, 1.82) is 0 Å². The van der Waals surface area contributed by atoms with E-state index in [0.29, 0.717) is 19.8 Å². The number of sulfonamides is 1. The quantitative estimate of drug-likeness (QED) is 0.891. The van der Waals surface area contributed by atoms with Crippen molar-refractivity contribution < 1.29 is 17.5 Å². The van der Waals surface area contributed by atoms with Crippen LogP contribution < -0.4 is 5.32 Å². The Morgan fingerprint density at radius 3 is 2.57 bits per heavy atom. The number of hydrogen-bond donors (Lipinski definition) is 1. The van der Waals surface area contributed by atoms with E-state index in [1.807, 2.05) is 13.8 Å². The molecular weight excluding hydrogens is 295 g/mol. The molecule has 0 atom stereocenters. The molecule has 7 heteroatoms. The van der Waals surface area contributed by atoms with Gasteiger partial charge in [0.25, 0.3) is 0 Å². The Hall–Kier alpha value is -1.02. The maximum atomic E-state index is 14.2. The number of nitrogens with zero attached hydrogens (tertiary/aromatic N) is 1. The molecule has 0 bridgehead atoms. The second-order valence-electron chi connectivity index (χ2n) is 5.32. The number of halogens is 1. The average molecular weight is 316 g/mol.